The van der Waals surface area contributed by atoms with Crippen LogP contribution in [0.25, 0.3) is 11.0 Å². The van der Waals surface area contributed by atoms with E-state index in [4.69, 9.17) is 16.0 Å². The Morgan fingerprint density at radius 1 is 1.11 bits per heavy atom. The molecule has 0 fully saturated rings. The van der Waals surface area contributed by atoms with Crippen LogP contribution >= 0.6 is 11.6 Å². The zero-order valence-corrected chi connectivity index (χ0v) is 16.3. The van der Waals surface area contributed by atoms with Crippen LogP contribution in [0.3, 0.4) is 0 Å². The van der Waals surface area contributed by atoms with Crippen molar-refractivity contribution < 1.29 is 9.21 Å². The molecule has 1 heterocycles. The molecule has 0 saturated heterocycles. The molecule has 3 aromatic rings. The second kappa shape index (κ2) is 7.84. The van der Waals surface area contributed by atoms with Gasteiger partial charge in [-0.2, -0.15) is 0 Å². The highest BCUT2D eigenvalue weighted by atomic mass is 35.5. The molecule has 27 heavy (non-hydrogen) atoms. The monoisotopic (exact) mass is 384 g/mol. The molecule has 0 aliphatic carbocycles. The molecule has 6 heteroatoms. The van der Waals surface area contributed by atoms with Crippen LogP contribution in [-0.4, -0.2) is 19.0 Å². The number of fused-ring (bicyclic) bond motifs is 1. The highest BCUT2D eigenvalue weighted by Gasteiger charge is 2.16. The summed E-state index contributed by atoms with van der Waals surface area (Å²) in [6, 6.07) is 12.4. The van der Waals surface area contributed by atoms with E-state index >= 15 is 0 Å². The van der Waals surface area contributed by atoms with Crippen molar-refractivity contribution in [3.05, 3.63) is 69.0 Å². The lowest BCUT2D eigenvalue weighted by Gasteiger charge is -2.21. The quantitative estimate of drug-likeness (QED) is 0.638. The van der Waals surface area contributed by atoms with Crippen molar-refractivity contribution in [1.29, 1.82) is 0 Å². The third kappa shape index (κ3) is 3.98. The standard InChI is InChI=1S/C21H21ClN2O3/c1-4-24(5-2)16-9-7-14-10-17(21(26)27-19(14)12-16)20(25)23-18-11-15(22)8-6-13(18)3/h6-12H,4-5H2,1-3H3,(H,23,25). The summed E-state index contributed by atoms with van der Waals surface area (Å²) < 4.78 is 5.42. The Bertz CT molecular complexity index is 1050. The molecule has 2 aromatic carbocycles. The van der Waals surface area contributed by atoms with Crippen molar-refractivity contribution >= 4 is 39.9 Å². The molecule has 0 saturated carbocycles. The molecule has 0 radical (unpaired) electrons. The molecular weight excluding hydrogens is 364 g/mol. The summed E-state index contributed by atoms with van der Waals surface area (Å²) in [6.45, 7) is 7.69. The summed E-state index contributed by atoms with van der Waals surface area (Å²) >= 11 is 5.98. The molecule has 140 valence electrons. The van der Waals surface area contributed by atoms with E-state index in [1.54, 1.807) is 24.3 Å². The summed E-state index contributed by atoms with van der Waals surface area (Å²) in [6.07, 6.45) is 0. The van der Waals surface area contributed by atoms with Crippen LogP contribution < -0.4 is 15.8 Å². The van der Waals surface area contributed by atoms with E-state index in [9.17, 15) is 9.59 Å². The molecular formula is C21H21ClN2O3. The lowest BCUT2D eigenvalue weighted by Crippen LogP contribution is -2.22. The van der Waals surface area contributed by atoms with Gasteiger partial charge in [-0.15, -0.1) is 0 Å². The van der Waals surface area contributed by atoms with Gasteiger partial charge in [0.05, 0.1) is 0 Å². The number of anilines is 2. The van der Waals surface area contributed by atoms with E-state index in [1.807, 2.05) is 25.1 Å². The molecule has 0 aliphatic heterocycles. The fraction of sp³-hybridized carbons (Fsp3) is 0.238. The fourth-order valence-electron chi connectivity index (χ4n) is 2.96. The number of hydrogen-bond acceptors (Lipinski definition) is 4. The number of amides is 1. The van der Waals surface area contributed by atoms with E-state index in [0.717, 1.165) is 24.3 Å². The van der Waals surface area contributed by atoms with Crippen LogP contribution in [-0.2, 0) is 0 Å². The van der Waals surface area contributed by atoms with Crippen molar-refractivity contribution in [2.45, 2.75) is 20.8 Å². The lowest BCUT2D eigenvalue weighted by molar-refractivity contribution is 0.102. The summed E-state index contributed by atoms with van der Waals surface area (Å²) in [4.78, 5) is 27.1. The molecule has 1 amide bonds. The van der Waals surface area contributed by atoms with Gasteiger partial charge >= 0.3 is 5.63 Å². The smallest absolute Gasteiger partial charge is 0.349 e. The van der Waals surface area contributed by atoms with Crippen LogP contribution in [0.2, 0.25) is 5.02 Å². The first kappa shape index (κ1) is 19.0. The number of halogens is 1. The van der Waals surface area contributed by atoms with Crippen molar-refractivity contribution in [3.63, 3.8) is 0 Å². The van der Waals surface area contributed by atoms with Crippen LogP contribution in [0, 0.1) is 6.92 Å². The average molecular weight is 385 g/mol. The van der Waals surface area contributed by atoms with Gasteiger partial charge in [-0.1, -0.05) is 17.7 Å². The second-order valence-electron chi connectivity index (χ2n) is 6.26. The number of carbonyl (C=O) groups is 1. The average Bonchev–Trinajstić information content (AvgIpc) is 2.65. The number of hydrogen-bond donors (Lipinski definition) is 1. The zero-order valence-electron chi connectivity index (χ0n) is 15.5. The highest BCUT2D eigenvalue weighted by Crippen LogP contribution is 2.23. The Balaban J connectivity index is 1.96. The first-order chi connectivity index (χ1) is 12.9. The maximum absolute atomic E-state index is 12.6. The number of nitrogens with zero attached hydrogens (tertiary/aromatic N) is 1. The summed E-state index contributed by atoms with van der Waals surface area (Å²) in [5, 5.41) is 3.93. The summed E-state index contributed by atoms with van der Waals surface area (Å²) in [5.74, 6) is -0.524. The molecule has 0 bridgehead atoms. The van der Waals surface area contributed by atoms with Gasteiger partial charge in [0.25, 0.3) is 5.91 Å². The largest absolute Gasteiger partial charge is 0.422 e. The van der Waals surface area contributed by atoms with E-state index in [-0.39, 0.29) is 5.56 Å². The fourth-order valence-corrected chi connectivity index (χ4v) is 3.13. The van der Waals surface area contributed by atoms with Crippen molar-refractivity contribution in [1.82, 2.24) is 0 Å². The van der Waals surface area contributed by atoms with Gasteiger partial charge < -0.3 is 14.6 Å². The predicted octanol–water partition coefficient (Wildman–Crippen LogP) is 4.85. The maximum atomic E-state index is 12.6. The van der Waals surface area contributed by atoms with Crippen LogP contribution in [0.4, 0.5) is 11.4 Å². The number of carbonyl (C=O) groups excluding carboxylic acids is 1. The number of nitrogens with one attached hydrogen (secondary N) is 1. The Morgan fingerprint density at radius 2 is 1.85 bits per heavy atom. The van der Waals surface area contributed by atoms with Crippen LogP contribution in [0.15, 0.2) is 51.7 Å². The van der Waals surface area contributed by atoms with E-state index in [2.05, 4.69) is 24.1 Å². The van der Waals surface area contributed by atoms with Gasteiger partial charge in [0, 0.05) is 40.9 Å². The number of rotatable bonds is 5. The molecule has 3 rings (SSSR count). The molecule has 1 N–H and O–H groups in total. The third-order valence-electron chi connectivity index (χ3n) is 4.54. The predicted molar refractivity (Wildman–Crippen MR) is 110 cm³/mol. The van der Waals surface area contributed by atoms with Crippen LogP contribution in [0.1, 0.15) is 29.8 Å². The first-order valence-electron chi connectivity index (χ1n) is 8.83. The van der Waals surface area contributed by atoms with Gasteiger partial charge in [0.1, 0.15) is 11.1 Å². The lowest BCUT2D eigenvalue weighted by atomic mass is 10.1. The third-order valence-corrected chi connectivity index (χ3v) is 4.78. The highest BCUT2D eigenvalue weighted by molar-refractivity contribution is 6.31. The van der Waals surface area contributed by atoms with Crippen molar-refractivity contribution in [2.24, 2.45) is 0 Å². The number of aryl methyl sites for hydroxylation is 1. The first-order valence-corrected chi connectivity index (χ1v) is 9.21. The Kier molecular flexibility index (Phi) is 5.51. The minimum absolute atomic E-state index is 0.0440. The van der Waals surface area contributed by atoms with Gasteiger partial charge in [-0.3, -0.25) is 4.79 Å². The van der Waals surface area contributed by atoms with Gasteiger partial charge in [-0.25, -0.2) is 4.79 Å². The maximum Gasteiger partial charge on any atom is 0.349 e. The summed E-state index contributed by atoms with van der Waals surface area (Å²) in [7, 11) is 0. The normalized spacial score (nSPS) is 10.8. The van der Waals surface area contributed by atoms with Gasteiger partial charge in [-0.05, 0) is 56.7 Å². The molecule has 0 spiro atoms. The molecule has 0 atom stereocenters. The zero-order chi connectivity index (χ0) is 19.6. The van der Waals surface area contributed by atoms with Gasteiger partial charge in [0.15, 0.2) is 0 Å². The van der Waals surface area contributed by atoms with Crippen molar-refractivity contribution in [2.75, 3.05) is 23.3 Å². The van der Waals surface area contributed by atoms with E-state index in [1.165, 1.54) is 0 Å². The minimum Gasteiger partial charge on any atom is -0.422 e. The topological polar surface area (TPSA) is 62.6 Å². The van der Waals surface area contributed by atoms with Crippen molar-refractivity contribution in [3.8, 4) is 0 Å². The molecule has 0 unspecified atom stereocenters. The SMILES string of the molecule is CCN(CC)c1ccc2cc(C(=O)Nc3cc(Cl)ccc3C)c(=O)oc2c1. The number of benzene rings is 2. The molecule has 5 nitrogen and oxygen atoms in total. The summed E-state index contributed by atoms with van der Waals surface area (Å²) in [5.41, 5.74) is 2.13. The van der Waals surface area contributed by atoms with E-state index < -0.39 is 11.5 Å². The second-order valence-corrected chi connectivity index (χ2v) is 6.69. The Morgan fingerprint density at radius 3 is 2.56 bits per heavy atom. The minimum atomic E-state index is -0.670. The van der Waals surface area contributed by atoms with Gasteiger partial charge in [0.2, 0.25) is 0 Å². The van der Waals surface area contributed by atoms with Crippen LogP contribution in [0.5, 0.6) is 0 Å². The Hall–Kier alpha value is -2.79. The molecule has 0 aliphatic rings. The van der Waals surface area contributed by atoms with E-state index in [0.29, 0.717) is 21.7 Å². The Labute approximate surface area is 162 Å². The molecule has 1 aromatic heterocycles.